The van der Waals surface area contributed by atoms with E-state index in [1.165, 1.54) is 0 Å². The van der Waals surface area contributed by atoms with E-state index in [0.29, 0.717) is 18.7 Å². The Morgan fingerprint density at radius 2 is 2.35 bits per heavy atom. The molecule has 4 heteroatoms. The zero-order valence-electron chi connectivity index (χ0n) is 9.93. The van der Waals surface area contributed by atoms with E-state index in [2.05, 4.69) is 6.07 Å². The zero-order valence-corrected chi connectivity index (χ0v) is 9.93. The van der Waals surface area contributed by atoms with Crippen LogP contribution in [0.5, 0.6) is 0 Å². The smallest absolute Gasteiger partial charge is 0.150 e. The van der Waals surface area contributed by atoms with Gasteiger partial charge in [-0.3, -0.25) is 0 Å². The van der Waals surface area contributed by atoms with Gasteiger partial charge in [-0.25, -0.2) is 0 Å². The number of hydrogen-bond donors (Lipinski definition) is 0. The average molecular weight is 230 g/mol. The molecule has 2 rings (SSSR count). The maximum Gasteiger partial charge on any atom is 0.150 e. The minimum Gasteiger partial charge on any atom is -0.463 e. The number of methoxy groups -OCH3 is 1. The lowest BCUT2D eigenvalue weighted by Gasteiger charge is -2.09. The maximum atomic E-state index is 9.05. The molecule has 0 aromatic carbocycles. The molecule has 0 atom stereocenters. The fraction of sp³-hybridized carbons (Fsp3) is 0.308. The summed E-state index contributed by atoms with van der Waals surface area (Å²) in [5, 5.41) is 9.05. The van der Waals surface area contributed by atoms with Crippen LogP contribution in [0.2, 0.25) is 0 Å². The molecule has 0 N–H and O–H groups in total. The predicted octanol–water partition coefficient (Wildman–Crippen LogP) is 2.57. The Kier molecular flexibility index (Phi) is 3.31. The monoisotopic (exact) mass is 230 g/mol. The third-order valence-electron chi connectivity index (χ3n) is 2.78. The molecule has 0 bridgehead atoms. The van der Waals surface area contributed by atoms with Gasteiger partial charge in [0.15, 0.2) is 0 Å². The van der Waals surface area contributed by atoms with Crippen molar-refractivity contribution >= 4 is 0 Å². The molecule has 0 fully saturated rings. The zero-order chi connectivity index (χ0) is 12.3. The van der Waals surface area contributed by atoms with Gasteiger partial charge in [-0.2, -0.15) is 5.26 Å². The first kappa shape index (κ1) is 11.5. The standard InChI is InChI=1S/C13H14N2O2/c1-10-11(9-14)8-12(13-4-3-6-17-13)15(10)5-7-16-2/h3-4,6,8H,5,7H2,1-2H3. The van der Waals surface area contributed by atoms with Crippen LogP contribution < -0.4 is 0 Å². The molecule has 0 saturated heterocycles. The van der Waals surface area contributed by atoms with Crippen molar-refractivity contribution in [2.45, 2.75) is 13.5 Å². The van der Waals surface area contributed by atoms with Gasteiger partial charge in [-0.05, 0) is 25.1 Å². The highest BCUT2D eigenvalue weighted by molar-refractivity contribution is 5.59. The molecule has 2 aromatic heterocycles. The summed E-state index contributed by atoms with van der Waals surface area (Å²) < 4.78 is 12.5. The van der Waals surface area contributed by atoms with E-state index in [-0.39, 0.29) is 0 Å². The molecule has 0 amide bonds. The maximum absolute atomic E-state index is 9.05. The van der Waals surface area contributed by atoms with Gasteiger partial charge < -0.3 is 13.7 Å². The normalized spacial score (nSPS) is 10.4. The summed E-state index contributed by atoms with van der Waals surface area (Å²) in [4.78, 5) is 0. The molecule has 0 aliphatic carbocycles. The van der Waals surface area contributed by atoms with Crippen molar-refractivity contribution in [3.8, 4) is 17.5 Å². The summed E-state index contributed by atoms with van der Waals surface area (Å²) >= 11 is 0. The second-order valence-electron chi connectivity index (χ2n) is 3.76. The number of aromatic nitrogens is 1. The van der Waals surface area contributed by atoms with Crippen LogP contribution in [0.4, 0.5) is 0 Å². The highest BCUT2D eigenvalue weighted by atomic mass is 16.5. The largest absolute Gasteiger partial charge is 0.463 e. The Hall–Kier alpha value is -1.99. The van der Waals surface area contributed by atoms with Gasteiger partial charge in [-0.1, -0.05) is 0 Å². The lowest BCUT2D eigenvalue weighted by atomic mass is 10.2. The SMILES string of the molecule is COCCn1c(-c2ccco2)cc(C#N)c1C. The van der Waals surface area contributed by atoms with E-state index in [1.54, 1.807) is 13.4 Å². The van der Waals surface area contributed by atoms with E-state index < -0.39 is 0 Å². The second-order valence-corrected chi connectivity index (χ2v) is 3.76. The predicted molar refractivity (Wildman–Crippen MR) is 63.5 cm³/mol. The third kappa shape index (κ3) is 2.10. The van der Waals surface area contributed by atoms with Crippen molar-refractivity contribution in [3.05, 3.63) is 35.7 Å². The highest BCUT2D eigenvalue weighted by Gasteiger charge is 2.14. The Balaban J connectivity index is 2.47. The topological polar surface area (TPSA) is 51.1 Å². The molecule has 4 nitrogen and oxygen atoms in total. The fourth-order valence-corrected chi connectivity index (χ4v) is 1.86. The van der Waals surface area contributed by atoms with Gasteiger partial charge in [-0.15, -0.1) is 0 Å². The number of nitriles is 1. The lowest BCUT2D eigenvalue weighted by Crippen LogP contribution is -2.07. The quantitative estimate of drug-likeness (QED) is 0.811. The molecule has 0 saturated carbocycles. The molecule has 2 aromatic rings. The van der Waals surface area contributed by atoms with Crippen LogP contribution in [0.3, 0.4) is 0 Å². The molecular formula is C13H14N2O2. The number of nitrogens with zero attached hydrogens (tertiary/aromatic N) is 2. The van der Waals surface area contributed by atoms with Crippen LogP contribution in [0.25, 0.3) is 11.5 Å². The summed E-state index contributed by atoms with van der Waals surface area (Å²) in [7, 11) is 1.66. The highest BCUT2D eigenvalue weighted by Crippen LogP contribution is 2.25. The van der Waals surface area contributed by atoms with E-state index in [1.807, 2.05) is 29.7 Å². The first-order valence-corrected chi connectivity index (χ1v) is 5.41. The molecule has 0 unspecified atom stereocenters. The Morgan fingerprint density at radius 1 is 1.53 bits per heavy atom. The van der Waals surface area contributed by atoms with Gasteiger partial charge in [0.1, 0.15) is 11.8 Å². The van der Waals surface area contributed by atoms with Gasteiger partial charge in [0, 0.05) is 19.3 Å². The first-order valence-electron chi connectivity index (χ1n) is 5.41. The Bertz CT molecular complexity index is 533. The van der Waals surface area contributed by atoms with Crippen LogP contribution in [0, 0.1) is 18.3 Å². The molecule has 88 valence electrons. The van der Waals surface area contributed by atoms with E-state index in [4.69, 9.17) is 14.4 Å². The number of hydrogen-bond acceptors (Lipinski definition) is 3. The van der Waals surface area contributed by atoms with Gasteiger partial charge in [0.25, 0.3) is 0 Å². The van der Waals surface area contributed by atoms with Crippen LogP contribution in [-0.2, 0) is 11.3 Å². The number of furan rings is 1. The molecule has 2 heterocycles. The van der Waals surface area contributed by atoms with Crippen LogP contribution in [0.1, 0.15) is 11.3 Å². The second kappa shape index (κ2) is 4.89. The van der Waals surface area contributed by atoms with Crippen molar-refractivity contribution in [2.75, 3.05) is 13.7 Å². The average Bonchev–Trinajstić information content (AvgIpc) is 2.94. The molecule has 0 aliphatic heterocycles. The van der Waals surface area contributed by atoms with Crippen molar-refractivity contribution in [1.29, 1.82) is 5.26 Å². The van der Waals surface area contributed by atoms with Crippen LogP contribution >= 0.6 is 0 Å². The lowest BCUT2D eigenvalue weighted by molar-refractivity contribution is 0.187. The van der Waals surface area contributed by atoms with Gasteiger partial charge in [0.2, 0.25) is 0 Å². The van der Waals surface area contributed by atoms with Crippen LogP contribution in [0.15, 0.2) is 28.9 Å². The minimum absolute atomic E-state index is 0.605. The number of ether oxygens (including phenoxy) is 1. The number of rotatable bonds is 4. The summed E-state index contributed by atoms with van der Waals surface area (Å²) in [5.74, 6) is 0.769. The van der Waals surface area contributed by atoms with Crippen molar-refractivity contribution in [2.24, 2.45) is 0 Å². The Labute approximate surface area is 100 Å². The van der Waals surface area contributed by atoms with Crippen molar-refractivity contribution in [3.63, 3.8) is 0 Å². The van der Waals surface area contributed by atoms with Gasteiger partial charge in [0.05, 0.1) is 24.1 Å². The van der Waals surface area contributed by atoms with E-state index >= 15 is 0 Å². The van der Waals surface area contributed by atoms with E-state index in [0.717, 1.165) is 17.1 Å². The summed E-state index contributed by atoms with van der Waals surface area (Å²) in [5.41, 5.74) is 2.53. The van der Waals surface area contributed by atoms with Gasteiger partial charge >= 0.3 is 0 Å². The first-order chi connectivity index (χ1) is 8.27. The third-order valence-corrected chi connectivity index (χ3v) is 2.78. The molecule has 17 heavy (non-hydrogen) atoms. The van der Waals surface area contributed by atoms with Crippen molar-refractivity contribution in [1.82, 2.24) is 4.57 Å². The minimum atomic E-state index is 0.605. The summed E-state index contributed by atoms with van der Waals surface area (Å²) in [6.45, 7) is 3.24. The Morgan fingerprint density at radius 3 is 2.94 bits per heavy atom. The van der Waals surface area contributed by atoms with Crippen molar-refractivity contribution < 1.29 is 9.15 Å². The molecule has 0 radical (unpaired) electrons. The molecule has 0 spiro atoms. The van der Waals surface area contributed by atoms with E-state index in [9.17, 15) is 0 Å². The fourth-order valence-electron chi connectivity index (χ4n) is 1.86. The van der Waals surface area contributed by atoms with Crippen LogP contribution in [-0.4, -0.2) is 18.3 Å². The summed E-state index contributed by atoms with van der Waals surface area (Å²) in [6, 6.07) is 7.77. The summed E-state index contributed by atoms with van der Waals surface area (Å²) in [6.07, 6.45) is 1.63. The molecular weight excluding hydrogens is 216 g/mol. The molecule has 0 aliphatic rings.